The molecule has 0 atom stereocenters. The van der Waals surface area contributed by atoms with E-state index in [1.807, 2.05) is 6.20 Å². The Morgan fingerprint density at radius 2 is 1.96 bits per heavy atom. The summed E-state index contributed by atoms with van der Waals surface area (Å²) in [6, 6.07) is 4.86. The molecule has 3 rings (SSSR count). The zero-order valence-electron chi connectivity index (χ0n) is 16.4. The van der Waals surface area contributed by atoms with E-state index in [0.717, 1.165) is 51.0 Å². The van der Waals surface area contributed by atoms with Crippen LogP contribution in [0.5, 0.6) is 0 Å². The van der Waals surface area contributed by atoms with Gasteiger partial charge in [-0.15, -0.1) is 0 Å². The Hall–Kier alpha value is -1.82. The van der Waals surface area contributed by atoms with Crippen LogP contribution in [0.2, 0.25) is 0 Å². The first-order valence-corrected chi connectivity index (χ1v) is 10.3. The summed E-state index contributed by atoms with van der Waals surface area (Å²) >= 11 is 0. The van der Waals surface area contributed by atoms with Crippen molar-refractivity contribution in [2.24, 2.45) is 4.99 Å². The summed E-state index contributed by atoms with van der Waals surface area (Å²) in [5, 5.41) is 6.96. The molecule has 1 saturated carbocycles. The maximum atomic E-state index is 4.80. The van der Waals surface area contributed by atoms with Gasteiger partial charge in [0, 0.05) is 45.0 Å². The second-order valence-electron chi connectivity index (χ2n) is 7.26. The summed E-state index contributed by atoms with van der Waals surface area (Å²) < 4.78 is 0. The Morgan fingerprint density at radius 1 is 1.19 bits per heavy atom. The molecule has 0 aromatic carbocycles. The molecule has 2 N–H and O–H groups in total. The minimum Gasteiger partial charge on any atom is -0.357 e. The van der Waals surface area contributed by atoms with Gasteiger partial charge in [0.1, 0.15) is 5.82 Å². The number of aliphatic imine (C=N–C) groups is 1. The van der Waals surface area contributed by atoms with Gasteiger partial charge in [-0.3, -0.25) is 0 Å². The second kappa shape index (κ2) is 9.76. The predicted molar refractivity (Wildman–Crippen MR) is 109 cm³/mol. The molecule has 1 aromatic rings. The normalized spacial score (nSPS) is 19.8. The van der Waals surface area contributed by atoms with Gasteiger partial charge >= 0.3 is 0 Å². The number of rotatable bonds is 6. The van der Waals surface area contributed by atoms with Crippen molar-refractivity contribution in [3.63, 3.8) is 0 Å². The van der Waals surface area contributed by atoms with Crippen molar-refractivity contribution in [3.05, 3.63) is 23.9 Å². The molecule has 0 radical (unpaired) electrons. The van der Waals surface area contributed by atoms with Gasteiger partial charge in [-0.1, -0.05) is 19.8 Å². The molecule has 6 nitrogen and oxygen atoms in total. The first kappa shape index (κ1) is 19.0. The highest BCUT2D eigenvalue weighted by atomic mass is 15.3. The summed E-state index contributed by atoms with van der Waals surface area (Å²) in [7, 11) is 0. The third kappa shape index (κ3) is 5.34. The minimum atomic E-state index is 0.579. The van der Waals surface area contributed by atoms with Crippen LogP contribution in [-0.2, 0) is 6.54 Å². The summed E-state index contributed by atoms with van der Waals surface area (Å²) in [4.78, 5) is 14.3. The second-order valence-corrected chi connectivity index (χ2v) is 7.26. The van der Waals surface area contributed by atoms with E-state index in [2.05, 4.69) is 51.4 Å². The lowest BCUT2D eigenvalue weighted by atomic mass is 10.2. The van der Waals surface area contributed by atoms with Crippen LogP contribution in [0.1, 0.15) is 45.1 Å². The van der Waals surface area contributed by atoms with E-state index in [1.54, 1.807) is 0 Å². The van der Waals surface area contributed by atoms with Crippen molar-refractivity contribution in [2.75, 3.05) is 44.2 Å². The van der Waals surface area contributed by atoms with E-state index in [9.17, 15) is 0 Å². The number of pyridine rings is 1. The van der Waals surface area contributed by atoms with E-state index < -0.39 is 0 Å². The molecule has 26 heavy (non-hydrogen) atoms. The van der Waals surface area contributed by atoms with Crippen LogP contribution in [-0.4, -0.2) is 61.2 Å². The molecule has 2 fully saturated rings. The zero-order valence-corrected chi connectivity index (χ0v) is 16.4. The standard InChI is InChI=1S/C20H34N6/c1-3-21-20(24-18-7-5-6-8-18)23-16-17-9-10-22-19(15-17)26-13-11-25(4-2)12-14-26/h9-10,15,18H,3-8,11-14,16H2,1-2H3,(H2,21,23,24). The average Bonchev–Trinajstić information content (AvgIpc) is 3.20. The highest BCUT2D eigenvalue weighted by Crippen LogP contribution is 2.18. The van der Waals surface area contributed by atoms with Crippen molar-refractivity contribution < 1.29 is 0 Å². The molecule has 6 heteroatoms. The Kier molecular flexibility index (Phi) is 7.12. The number of piperazine rings is 1. The third-order valence-corrected chi connectivity index (χ3v) is 5.41. The number of nitrogens with one attached hydrogen (secondary N) is 2. The van der Waals surface area contributed by atoms with E-state index in [-0.39, 0.29) is 0 Å². The van der Waals surface area contributed by atoms with E-state index in [1.165, 1.54) is 31.2 Å². The first-order chi connectivity index (χ1) is 12.8. The molecular weight excluding hydrogens is 324 g/mol. The van der Waals surface area contributed by atoms with Crippen molar-refractivity contribution in [2.45, 2.75) is 52.1 Å². The summed E-state index contributed by atoms with van der Waals surface area (Å²) in [6.45, 7) is 11.4. The largest absolute Gasteiger partial charge is 0.357 e. The SMILES string of the molecule is CCNC(=NCc1ccnc(N2CCN(CC)CC2)c1)NC1CCCC1. The van der Waals surface area contributed by atoms with Gasteiger partial charge in [-0.05, 0) is 44.0 Å². The van der Waals surface area contributed by atoms with E-state index in [4.69, 9.17) is 4.99 Å². The van der Waals surface area contributed by atoms with E-state index >= 15 is 0 Å². The lowest BCUT2D eigenvalue weighted by Crippen LogP contribution is -2.46. The monoisotopic (exact) mass is 358 g/mol. The van der Waals surface area contributed by atoms with Crippen molar-refractivity contribution in [3.8, 4) is 0 Å². The Labute approximate surface area is 158 Å². The van der Waals surface area contributed by atoms with Crippen LogP contribution in [0.25, 0.3) is 0 Å². The van der Waals surface area contributed by atoms with Gasteiger partial charge in [0.2, 0.25) is 0 Å². The van der Waals surface area contributed by atoms with Gasteiger partial charge in [0.05, 0.1) is 6.54 Å². The fourth-order valence-electron chi connectivity index (χ4n) is 3.78. The number of anilines is 1. The molecule has 1 aromatic heterocycles. The molecule has 1 aliphatic carbocycles. The lowest BCUT2D eigenvalue weighted by molar-refractivity contribution is 0.270. The number of hydrogen-bond acceptors (Lipinski definition) is 4. The summed E-state index contributed by atoms with van der Waals surface area (Å²) in [5.74, 6) is 2.02. The zero-order chi connectivity index (χ0) is 18.2. The quantitative estimate of drug-likeness (QED) is 0.603. The number of guanidine groups is 1. The molecule has 144 valence electrons. The molecule has 1 aliphatic heterocycles. The van der Waals surface area contributed by atoms with Crippen LogP contribution >= 0.6 is 0 Å². The van der Waals surface area contributed by atoms with Gasteiger partial charge in [0.15, 0.2) is 5.96 Å². The van der Waals surface area contributed by atoms with Gasteiger partial charge in [-0.2, -0.15) is 0 Å². The topological polar surface area (TPSA) is 55.8 Å². The minimum absolute atomic E-state index is 0.579. The maximum absolute atomic E-state index is 4.80. The van der Waals surface area contributed by atoms with Crippen LogP contribution in [0.4, 0.5) is 5.82 Å². The fraction of sp³-hybridized carbons (Fsp3) is 0.700. The number of likely N-dealkylation sites (N-methyl/N-ethyl adjacent to an activating group) is 1. The molecule has 0 spiro atoms. The van der Waals surface area contributed by atoms with Gasteiger partial charge in [-0.25, -0.2) is 9.98 Å². The molecule has 0 bridgehead atoms. The van der Waals surface area contributed by atoms with Crippen molar-refractivity contribution >= 4 is 11.8 Å². The van der Waals surface area contributed by atoms with Crippen molar-refractivity contribution in [1.82, 2.24) is 20.5 Å². The van der Waals surface area contributed by atoms with Crippen LogP contribution in [0.15, 0.2) is 23.3 Å². The van der Waals surface area contributed by atoms with Crippen LogP contribution < -0.4 is 15.5 Å². The highest BCUT2D eigenvalue weighted by Gasteiger charge is 2.17. The average molecular weight is 359 g/mol. The van der Waals surface area contributed by atoms with Gasteiger partial charge in [0.25, 0.3) is 0 Å². The fourth-order valence-corrected chi connectivity index (χ4v) is 3.78. The smallest absolute Gasteiger partial charge is 0.191 e. The molecule has 0 unspecified atom stereocenters. The Bertz CT molecular complexity index is 573. The molecule has 2 aliphatic rings. The predicted octanol–water partition coefficient (Wildman–Crippen LogP) is 2.22. The number of hydrogen-bond donors (Lipinski definition) is 2. The summed E-state index contributed by atoms with van der Waals surface area (Å²) in [6.07, 6.45) is 7.09. The summed E-state index contributed by atoms with van der Waals surface area (Å²) in [5.41, 5.74) is 1.22. The number of nitrogens with zero attached hydrogens (tertiary/aromatic N) is 4. The van der Waals surface area contributed by atoms with Crippen LogP contribution in [0, 0.1) is 0 Å². The van der Waals surface area contributed by atoms with Gasteiger partial charge < -0.3 is 20.4 Å². The highest BCUT2D eigenvalue weighted by molar-refractivity contribution is 5.80. The third-order valence-electron chi connectivity index (χ3n) is 5.41. The first-order valence-electron chi connectivity index (χ1n) is 10.3. The maximum Gasteiger partial charge on any atom is 0.191 e. The Morgan fingerprint density at radius 3 is 2.65 bits per heavy atom. The van der Waals surface area contributed by atoms with E-state index in [0.29, 0.717) is 12.6 Å². The van der Waals surface area contributed by atoms with Crippen LogP contribution in [0.3, 0.4) is 0 Å². The molecular formula is C20H34N6. The number of aromatic nitrogens is 1. The van der Waals surface area contributed by atoms with Crippen molar-refractivity contribution in [1.29, 1.82) is 0 Å². The molecule has 1 saturated heterocycles. The lowest BCUT2D eigenvalue weighted by Gasteiger charge is -2.34. The Balaban J connectivity index is 1.59. The molecule has 0 amide bonds. The molecule has 2 heterocycles.